The number of benzene rings is 1. The van der Waals surface area contributed by atoms with E-state index in [0.717, 1.165) is 12.1 Å². The Kier molecular flexibility index (Phi) is 2.85. The highest BCUT2D eigenvalue weighted by Crippen LogP contribution is 2.11. The van der Waals surface area contributed by atoms with Crippen LogP contribution < -0.4 is 10.6 Å². The molecule has 1 unspecified atom stereocenters. The van der Waals surface area contributed by atoms with Crippen LogP contribution in [0.25, 0.3) is 0 Å². The van der Waals surface area contributed by atoms with Gasteiger partial charge in [-0.25, -0.2) is 4.39 Å². The Bertz CT molecular complexity index is 350. The van der Waals surface area contributed by atoms with E-state index in [1.54, 1.807) is 12.1 Å². The molecular weight excluding hydrogens is 195 g/mol. The first-order chi connectivity index (χ1) is 7.24. The molecule has 2 rings (SSSR count). The van der Waals surface area contributed by atoms with Gasteiger partial charge in [-0.1, -0.05) is 0 Å². The first kappa shape index (κ1) is 9.96. The molecule has 15 heavy (non-hydrogen) atoms. The summed E-state index contributed by atoms with van der Waals surface area (Å²) < 4.78 is 12.6. The lowest BCUT2D eigenvalue weighted by Crippen LogP contribution is -2.31. The quantitative estimate of drug-likeness (QED) is 0.790. The topological polar surface area (TPSA) is 41.1 Å². The van der Waals surface area contributed by atoms with Crippen LogP contribution in [0.4, 0.5) is 10.1 Å². The largest absolute Gasteiger partial charge is 0.383 e. The Balaban J connectivity index is 1.83. The van der Waals surface area contributed by atoms with E-state index < -0.39 is 0 Å². The molecule has 1 atom stereocenters. The van der Waals surface area contributed by atoms with Crippen molar-refractivity contribution in [2.45, 2.75) is 18.9 Å². The monoisotopic (exact) mass is 208 g/mol. The maximum Gasteiger partial charge on any atom is 0.220 e. The van der Waals surface area contributed by atoms with Gasteiger partial charge < -0.3 is 10.6 Å². The van der Waals surface area contributed by atoms with Crippen LogP contribution in [0.5, 0.6) is 0 Å². The van der Waals surface area contributed by atoms with Gasteiger partial charge in [0.15, 0.2) is 0 Å². The number of hydrogen-bond donors (Lipinski definition) is 2. The summed E-state index contributed by atoms with van der Waals surface area (Å²) >= 11 is 0. The number of anilines is 1. The third-order valence-electron chi connectivity index (χ3n) is 2.48. The SMILES string of the molecule is O=C1CCC(CNc2ccc(F)cc2)N1. The van der Waals surface area contributed by atoms with E-state index in [4.69, 9.17) is 0 Å². The Morgan fingerprint density at radius 3 is 2.73 bits per heavy atom. The summed E-state index contributed by atoms with van der Waals surface area (Å²) in [4.78, 5) is 10.9. The molecule has 2 N–H and O–H groups in total. The molecule has 4 heteroatoms. The summed E-state index contributed by atoms with van der Waals surface area (Å²) in [6.45, 7) is 0.692. The van der Waals surface area contributed by atoms with Crippen LogP contribution in [-0.4, -0.2) is 18.5 Å². The number of carbonyl (C=O) groups is 1. The van der Waals surface area contributed by atoms with Crippen LogP contribution in [-0.2, 0) is 4.79 Å². The van der Waals surface area contributed by atoms with Gasteiger partial charge in [-0.15, -0.1) is 0 Å². The van der Waals surface area contributed by atoms with Gasteiger partial charge in [0.25, 0.3) is 0 Å². The predicted octanol–water partition coefficient (Wildman–Crippen LogP) is 1.52. The molecule has 1 aromatic carbocycles. The smallest absolute Gasteiger partial charge is 0.220 e. The highest BCUT2D eigenvalue weighted by molar-refractivity contribution is 5.78. The van der Waals surface area contributed by atoms with E-state index >= 15 is 0 Å². The number of carbonyl (C=O) groups excluding carboxylic acids is 1. The van der Waals surface area contributed by atoms with Crippen molar-refractivity contribution in [3.63, 3.8) is 0 Å². The summed E-state index contributed by atoms with van der Waals surface area (Å²) in [7, 11) is 0. The lowest BCUT2D eigenvalue weighted by Gasteiger charge is -2.12. The first-order valence-electron chi connectivity index (χ1n) is 5.03. The van der Waals surface area contributed by atoms with Gasteiger partial charge in [-0.2, -0.15) is 0 Å². The average molecular weight is 208 g/mol. The van der Waals surface area contributed by atoms with Gasteiger partial charge in [0.1, 0.15) is 5.82 Å². The first-order valence-corrected chi connectivity index (χ1v) is 5.03. The average Bonchev–Trinajstić information content (AvgIpc) is 2.64. The standard InChI is InChI=1S/C11H13FN2O/c12-8-1-3-9(4-2-8)13-7-10-5-6-11(15)14-10/h1-4,10,13H,5-7H2,(H,14,15). The van der Waals surface area contributed by atoms with Gasteiger partial charge >= 0.3 is 0 Å². The van der Waals surface area contributed by atoms with Gasteiger partial charge in [-0.05, 0) is 30.7 Å². The third kappa shape index (κ3) is 2.68. The Hall–Kier alpha value is -1.58. The zero-order valence-electron chi connectivity index (χ0n) is 8.29. The molecule has 1 saturated heterocycles. The summed E-state index contributed by atoms with van der Waals surface area (Å²) in [5.74, 6) is -0.129. The number of hydrogen-bond acceptors (Lipinski definition) is 2. The van der Waals surface area contributed by atoms with Crippen LogP contribution in [0.1, 0.15) is 12.8 Å². The highest BCUT2D eigenvalue weighted by atomic mass is 19.1. The lowest BCUT2D eigenvalue weighted by molar-refractivity contribution is -0.119. The zero-order valence-corrected chi connectivity index (χ0v) is 8.29. The lowest BCUT2D eigenvalue weighted by atomic mass is 10.2. The summed E-state index contributed by atoms with van der Waals surface area (Å²) in [5, 5.41) is 6.01. The molecule has 3 nitrogen and oxygen atoms in total. The maximum absolute atomic E-state index is 12.6. The van der Waals surface area contributed by atoms with Crippen molar-refractivity contribution >= 4 is 11.6 Å². The molecule has 0 bridgehead atoms. The van der Waals surface area contributed by atoms with Crippen LogP contribution in [0, 0.1) is 5.82 Å². The number of rotatable bonds is 3. The number of amides is 1. The van der Waals surface area contributed by atoms with Gasteiger partial charge in [-0.3, -0.25) is 4.79 Å². The molecule has 1 aliphatic rings. The van der Waals surface area contributed by atoms with Crippen LogP contribution in [0.15, 0.2) is 24.3 Å². The summed E-state index contributed by atoms with van der Waals surface area (Å²) in [5.41, 5.74) is 0.873. The van der Waals surface area contributed by atoms with Crippen LogP contribution >= 0.6 is 0 Å². The minimum Gasteiger partial charge on any atom is -0.383 e. The van der Waals surface area contributed by atoms with Crippen molar-refractivity contribution in [1.29, 1.82) is 0 Å². The normalized spacial score (nSPS) is 20.1. The molecule has 1 heterocycles. The van der Waals surface area contributed by atoms with Crippen molar-refractivity contribution in [3.8, 4) is 0 Å². The molecule has 80 valence electrons. The van der Waals surface area contributed by atoms with E-state index in [1.165, 1.54) is 12.1 Å². The third-order valence-corrected chi connectivity index (χ3v) is 2.48. The molecule has 0 saturated carbocycles. The minimum atomic E-state index is -0.241. The fraction of sp³-hybridized carbons (Fsp3) is 0.364. The molecule has 1 amide bonds. The Labute approximate surface area is 87.7 Å². The summed E-state index contributed by atoms with van der Waals surface area (Å²) in [6.07, 6.45) is 1.47. The Morgan fingerprint density at radius 1 is 1.40 bits per heavy atom. The molecule has 0 spiro atoms. The molecule has 1 aromatic rings. The molecule has 0 aliphatic carbocycles. The van der Waals surface area contributed by atoms with Gasteiger partial charge in [0.05, 0.1) is 0 Å². The second-order valence-corrected chi connectivity index (χ2v) is 3.69. The van der Waals surface area contributed by atoms with Crippen molar-refractivity contribution < 1.29 is 9.18 Å². The second kappa shape index (κ2) is 4.29. The zero-order chi connectivity index (χ0) is 10.7. The van der Waals surface area contributed by atoms with Crippen LogP contribution in [0.3, 0.4) is 0 Å². The van der Waals surface area contributed by atoms with Gasteiger partial charge in [0, 0.05) is 24.7 Å². The molecule has 0 aromatic heterocycles. The summed E-state index contributed by atoms with van der Waals surface area (Å²) in [6, 6.07) is 6.39. The minimum absolute atomic E-state index is 0.112. The predicted molar refractivity (Wildman–Crippen MR) is 56.1 cm³/mol. The number of nitrogens with one attached hydrogen (secondary N) is 2. The molecular formula is C11H13FN2O. The van der Waals surface area contributed by atoms with Crippen molar-refractivity contribution in [3.05, 3.63) is 30.1 Å². The van der Waals surface area contributed by atoms with E-state index in [1.807, 2.05) is 0 Å². The Morgan fingerprint density at radius 2 is 2.13 bits per heavy atom. The van der Waals surface area contributed by atoms with Crippen LogP contribution in [0.2, 0.25) is 0 Å². The fourth-order valence-corrected chi connectivity index (χ4v) is 1.64. The van der Waals surface area contributed by atoms with E-state index in [2.05, 4.69) is 10.6 Å². The fourth-order valence-electron chi connectivity index (χ4n) is 1.64. The van der Waals surface area contributed by atoms with E-state index in [9.17, 15) is 9.18 Å². The molecule has 0 radical (unpaired) electrons. The maximum atomic E-state index is 12.6. The number of halogens is 1. The molecule has 1 fully saturated rings. The highest BCUT2D eigenvalue weighted by Gasteiger charge is 2.19. The van der Waals surface area contributed by atoms with Crippen molar-refractivity contribution in [2.24, 2.45) is 0 Å². The molecule has 1 aliphatic heterocycles. The van der Waals surface area contributed by atoms with Crippen molar-refractivity contribution in [1.82, 2.24) is 5.32 Å². The van der Waals surface area contributed by atoms with E-state index in [-0.39, 0.29) is 17.8 Å². The van der Waals surface area contributed by atoms with Crippen molar-refractivity contribution in [2.75, 3.05) is 11.9 Å². The van der Waals surface area contributed by atoms with E-state index in [0.29, 0.717) is 13.0 Å². The second-order valence-electron chi connectivity index (χ2n) is 3.69. The van der Waals surface area contributed by atoms with Gasteiger partial charge in [0.2, 0.25) is 5.91 Å².